The van der Waals surface area contributed by atoms with Crippen molar-refractivity contribution in [1.82, 2.24) is 14.9 Å². The Morgan fingerprint density at radius 3 is 2.79 bits per heavy atom. The van der Waals surface area contributed by atoms with E-state index in [0.29, 0.717) is 0 Å². The molecule has 0 spiro atoms. The molecule has 1 heterocycles. The lowest BCUT2D eigenvalue weighted by Crippen LogP contribution is -2.17. The second-order valence-corrected chi connectivity index (χ2v) is 2.98. The van der Waals surface area contributed by atoms with E-state index in [9.17, 15) is 0 Å². The summed E-state index contributed by atoms with van der Waals surface area (Å²) in [5.74, 6) is 0. The van der Waals surface area contributed by atoms with Crippen LogP contribution in [-0.2, 0) is 6.42 Å². The van der Waals surface area contributed by atoms with Crippen LogP contribution >= 0.6 is 0 Å². The predicted molar refractivity (Wildman–Crippen MR) is 54.4 cm³/mol. The molecule has 0 aliphatic rings. The molecule has 0 radical (unpaired) electrons. The molecule has 0 bridgehead atoms. The summed E-state index contributed by atoms with van der Waals surface area (Å²) in [5, 5.41) is 3.94. The largest absolute Gasteiger partial charge is 0.308 e. The number of rotatable bonds is 4. The van der Waals surface area contributed by atoms with E-state index in [1.807, 2.05) is 18.2 Å². The molecule has 1 aromatic heterocycles. The van der Waals surface area contributed by atoms with Crippen molar-refractivity contribution < 1.29 is 0 Å². The molecule has 0 aliphatic carbocycles. The number of nitrogens with one attached hydrogen (secondary N) is 1. The summed E-state index contributed by atoms with van der Waals surface area (Å²) in [4.78, 5) is 5.45. The van der Waals surface area contributed by atoms with E-state index in [1.165, 1.54) is 11.9 Å². The van der Waals surface area contributed by atoms with E-state index in [-0.39, 0.29) is 0 Å². The fraction of sp³-hybridized carbons (Fsp3) is 0.200. The number of benzene rings is 1. The van der Waals surface area contributed by atoms with Crippen LogP contribution in [-0.4, -0.2) is 21.4 Å². The van der Waals surface area contributed by atoms with Crippen LogP contribution < -0.4 is 5.43 Å². The first kappa shape index (κ1) is 8.74. The number of hydrogen-bond acceptors (Lipinski definition) is 3. The number of hydrogen-bond donors (Lipinski definition) is 1. The van der Waals surface area contributed by atoms with Gasteiger partial charge in [-0.15, -0.1) is 5.10 Å². The van der Waals surface area contributed by atoms with Crippen molar-refractivity contribution >= 4 is 0 Å². The summed E-state index contributed by atoms with van der Waals surface area (Å²) in [6.07, 6.45) is 4.14. The quantitative estimate of drug-likeness (QED) is 0.780. The van der Waals surface area contributed by atoms with Crippen LogP contribution in [0.2, 0.25) is 0 Å². The molecule has 4 heteroatoms. The van der Waals surface area contributed by atoms with Crippen LogP contribution in [0.4, 0.5) is 0 Å². The molecule has 0 unspecified atom stereocenters. The molecular weight excluding hydrogens is 176 g/mol. The second-order valence-electron chi connectivity index (χ2n) is 2.98. The van der Waals surface area contributed by atoms with Crippen LogP contribution in [0.25, 0.3) is 0 Å². The fourth-order valence-corrected chi connectivity index (χ4v) is 1.25. The van der Waals surface area contributed by atoms with Crippen molar-refractivity contribution in [2.75, 3.05) is 12.0 Å². The van der Waals surface area contributed by atoms with Crippen LogP contribution in [0, 0.1) is 0 Å². The fourth-order valence-electron chi connectivity index (χ4n) is 1.25. The van der Waals surface area contributed by atoms with Gasteiger partial charge in [-0.1, -0.05) is 30.3 Å². The lowest BCUT2D eigenvalue weighted by atomic mass is 10.2. The minimum absolute atomic E-state index is 0.855. The third-order valence-corrected chi connectivity index (χ3v) is 1.95. The summed E-state index contributed by atoms with van der Waals surface area (Å²) in [6.45, 7) is 0.855. The maximum absolute atomic E-state index is 3.94. The highest BCUT2D eigenvalue weighted by Gasteiger charge is 1.91. The van der Waals surface area contributed by atoms with Crippen molar-refractivity contribution in [3.8, 4) is 0 Å². The highest BCUT2D eigenvalue weighted by Crippen LogP contribution is 1.98. The summed E-state index contributed by atoms with van der Waals surface area (Å²) in [5.41, 5.74) is 4.44. The van der Waals surface area contributed by atoms with Crippen molar-refractivity contribution in [2.45, 2.75) is 6.42 Å². The Balaban J connectivity index is 1.79. The van der Waals surface area contributed by atoms with Gasteiger partial charge in [-0.05, 0) is 12.0 Å². The third-order valence-electron chi connectivity index (χ3n) is 1.95. The summed E-state index contributed by atoms with van der Waals surface area (Å²) in [7, 11) is 0. The van der Waals surface area contributed by atoms with Gasteiger partial charge in [-0.25, -0.2) is 4.98 Å². The van der Waals surface area contributed by atoms with E-state index >= 15 is 0 Å². The lowest BCUT2D eigenvalue weighted by molar-refractivity contribution is 0.725. The molecule has 2 aromatic rings. The van der Waals surface area contributed by atoms with Gasteiger partial charge >= 0.3 is 0 Å². The van der Waals surface area contributed by atoms with Crippen molar-refractivity contribution in [2.24, 2.45) is 0 Å². The molecule has 0 aliphatic heterocycles. The minimum atomic E-state index is 0.855. The van der Waals surface area contributed by atoms with Crippen molar-refractivity contribution in [3.63, 3.8) is 0 Å². The third kappa shape index (κ3) is 2.32. The molecule has 0 amide bonds. The van der Waals surface area contributed by atoms with Crippen LogP contribution in [0.3, 0.4) is 0 Å². The van der Waals surface area contributed by atoms with Crippen molar-refractivity contribution in [3.05, 3.63) is 48.5 Å². The normalized spacial score (nSPS) is 10.0. The van der Waals surface area contributed by atoms with Gasteiger partial charge in [0.2, 0.25) is 0 Å². The first-order valence-electron chi connectivity index (χ1n) is 4.57. The zero-order valence-electron chi connectivity index (χ0n) is 7.80. The minimum Gasteiger partial charge on any atom is -0.308 e. The highest BCUT2D eigenvalue weighted by atomic mass is 15.6. The van der Waals surface area contributed by atoms with Gasteiger partial charge in [-0.3, -0.25) is 0 Å². The smallest absolute Gasteiger partial charge is 0.139 e. The SMILES string of the molecule is c1ccc(CCNn2cncn2)cc1. The van der Waals surface area contributed by atoms with Gasteiger partial charge in [0.1, 0.15) is 12.7 Å². The Bertz CT molecular complexity index is 355. The molecule has 72 valence electrons. The molecule has 1 N–H and O–H groups in total. The molecule has 1 aromatic carbocycles. The van der Waals surface area contributed by atoms with Crippen LogP contribution in [0.1, 0.15) is 5.56 Å². The van der Waals surface area contributed by atoms with E-state index in [1.54, 1.807) is 11.1 Å². The standard InChI is InChI=1S/C10H12N4/c1-2-4-10(5-3-1)6-7-12-14-9-11-8-13-14/h1-5,8-9,12H,6-7H2. The number of nitrogens with zero attached hydrogens (tertiary/aromatic N) is 3. The highest BCUT2D eigenvalue weighted by molar-refractivity contribution is 5.15. The topological polar surface area (TPSA) is 42.7 Å². The molecule has 2 rings (SSSR count). The maximum atomic E-state index is 3.94. The monoisotopic (exact) mass is 188 g/mol. The van der Waals surface area contributed by atoms with E-state index < -0.39 is 0 Å². The Morgan fingerprint density at radius 2 is 2.07 bits per heavy atom. The Labute approximate surface area is 82.6 Å². The van der Waals surface area contributed by atoms with E-state index in [4.69, 9.17) is 0 Å². The van der Waals surface area contributed by atoms with Gasteiger partial charge in [0, 0.05) is 6.54 Å². The molecule has 0 saturated heterocycles. The average Bonchev–Trinajstić information content (AvgIpc) is 2.72. The lowest BCUT2D eigenvalue weighted by Gasteiger charge is -2.04. The molecule has 14 heavy (non-hydrogen) atoms. The summed E-state index contributed by atoms with van der Waals surface area (Å²) < 4.78 is 0. The Hall–Kier alpha value is -1.84. The maximum Gasteiger partial charge on any atom is 0.139 e. The van der Waals surface area contributed by atoms with E-state index in [0.717, 1.165) is 13.0 Å². The average molecular weight is 188 g/mol. The molecule has 0 saturated carbocycles. The first-order valence-corrected chi connectivity index (χ1v) is 4.57. The van der Waals surface area contributed by atoms with Gasteiger partial charge in [0.15, 0.2) is 0 Å². The van der Waals surface area contributed by atoms with Gasteiger partial charge in [0.25, 0.3) is 0 Å². The predicted octanol–water partition coefficient (Wildman–Crippen LogP) is 1.06. The zero-order valence-corrected chi connectivity index (χ0v) is 7.80. The summed E-state index contributed by atoms with van der Waals surface area (Å²) in [6, 6.07) is 10.3. The zero-order chi connectivity index (χ0) is 9.64. The van der Waals surface area contributed by atoms with Crippen LogP contribution in [0.15, 0.2) is 43.0 Å². The summed E-state index contributed by atoms with van der Waals surface area (Å²) >= 11 is 0. The van der Waals surface area contributed by atoms with Crippen LogP contribution in [0.5, 0.6) is 0 Å². The van der Waals surface area contributed by atoms with E-state index in [2.05, 4.69) is 27.6 Å². The second kappa shape index (κ2) is 4.41. The van der Waals surface area contributed by atoms with Gasteiger partial charge in [0.05, 0.1) is 0 Å². The van der Waals surface area contributed by atoms with Gasteiger partial charge < -0.3 is 5.43 Å². The van der Waals surface area contributed by atoms with Gasteiger partial charge in [-0.2, -0.15) is 4.79 Å². The first-order chi connectivity index (χ1) is 6.95. The molecule has 4 nitrogen and oxygen atoms in total. The number of aromatic nitrogens is 3. The van der Waals surface area contributed by atoms with Crippen molar-refractivity contribution in [1.29, 1.82) is 0 Å². The Kier molecular flexibility index (Phi) is 2.76. The Morgan fingerprint density at radius 1 is 1.21 bits per heavy atom. The molecule has 0 atom stereocenters. The molecule has 0 fully saturated rings. The molecular formula is C10H12N4.